The van der Waals surface area contributed by atoms with Crippen molar-refractivity contribution in [3.8, 4) is 39.1 Å². The maximum Gasteiger partial charge on any atom is 0.147 e. The van der Waals surface area contributed by atoms with Crippen LogP contribution < -0.4 is 4.90 Å². The zero-order valence-corrected chi connectivity index (χ0v) is 31.4. The van der Waals surface area contributed by atoms with Crippen molar-refractivity contribution in [3.63, 3.8) is 0 Å². The highest BCUT2D eigenvalue weighted by Crippen LogP contribution is 2.46. The van der Waals surface area contributed by atoms with Crippen LogP contribution in [0.5, 0.6) is 0 Å². The third-order valence-corrected chi connectivity index (χ3v) is 11.3. The predicted octanol–water partition coefficient (Wildman–Crippen LogP) is 15.3. The third kappa shape index (κ3) is 5.49. The molecule has 0 radical (unpaired) electrons. The first-order valence-electron chi connectivity index (χ1n) is 19.5. The van der Waals surface area contributed by atoms with Gasteiger partial charge in [0.2, 0.25) is 0 Å². The summed E-state index contributed by atoms with van der Waals surface area (Å²) in [5, 5.41) is 4.02. The number of hydrogen-bond donors (Lipinski definition) is 0. The second-order valence-electron chi connectivity index (χ2n) is 14.6. The van der Waals surface area contributed by atoms with Gasteiger partial charge in [-0.25, -0.2) is 4.39 Å². The van der Waals surface area contributed by atoms with E-state index in [1.54, 1.807) is 12.1 Å². The quantitative estimate of drug-likeness (QED) is 0.162. The largest absolute Gasteiger partial charge is 0.455 e. The molecule has 11 rings (SSSR count). The highest BCUT2D eigenvalue weighted by Gasteiger charge is 2.22. The summed E-state index contributed by atoms with van der Waals surface area (Å²) in [5.41, 5.74) is 13.7. The Morgan fingerprint density at radius 2 is 0.966 bits per heavy atom. The lowest BCUT2D eigenvalue weighted by atomic mass is 10.0. The topological polar surface area (TPSA) is 21.3 Å². The van der Waals surface area contributed by atoms with E-state index in [0.29, 0.717) is 5.52 Å². The van der Waals surface area contributed by atoms with Crippen molar-refractivity contribution in [3.05, 3.63) is 218 Å². The highest BCUT2D eigenvalue weighted by atomic mass is 19.1. The maximum atomic E-state index is 15.8. The molecule has 0 unspecified atom stereocenters. The number of halogens is 1. The van der Waals surface area contributed by atoms with Gasteiger partial charge >= 0.3 is 0 Å². The Bertz CT molecular complexity index is 3270. The van der Waals surface area contributed by atoms with Gasteiger partial charge in [0, 0.05) is 38.7 Å². The molecule has 0 amide bonds. The average molecular weight is 747 g/mol. The Morgan fingerprint density at radius 3 is 1.74 bits per heavy atom. The van der Waals surface area contributed by atoms with Crippen molar-refractivity contribution >= 4 is 60.8 Å². The van der Waals surface area contributed by atoms with Crippen molar-refractivity contribution in [1.29, 1.82) is 0 Å². The van der Waals surface area contributed by atoms with E-state index in [1.807, 2.05) is 42.5 Å². The number of furan rings is 1. The number of rotatable bonds is 7. The third-order valence-electron chi connectivity index (χ3n) is 11.3. The number of fused-ring (bicyclic) bond motifs is 6. The van der Waals surface area contributed by atoms with Gasteiger partial charge in [-0.3, -0.25) is 0 Å². The van der Waals surface area contributed by atoms with Gasteiger partial charge < -0.3 is 13.9 Å². The monoisotopic (exact) mass is 746 g/mol. The van der Waals surface area contributed by atoms with Gasteiger partial charge in [0.15, 0.2) is 0 Å². The minimum atomic E-state index is -0.246. The zero-order valence-electron chi connectivity index (χ0n) is 31.4. The first-order valence-corrected chi connectivity index (χ1v) is 19.5. The molecule has 0 aliphatic rings. The van der Waals surface area contributed by atoms with Crippen molar-refractivity contribution in [2.24, 2.45) is 0 Å². The number of aromatic nitrogens is 1. The van der Waals surface area contributed by atoms with Crippen LogP contribution in [-0.4, -0.2) is 4.57 Å². The molecule has 58 heavy (non-hydrogen) atoms. The number of anilines is 3. The second kappa shape index (κ2) is 13.8. The van der Waals surface area contributed by atoms with Crippen LogP contribution in [0.1, 0.15) is 0 Å². The van der Waals surface area contributed by atoms with E-state index in [9.17, 15) is 0 Å². The van der Waals surface area contributed by atoms with E-state index < -0.39 is 0 Å². The van der Waals surface area contributed by atoms with Crippen LogP contribution in [0.4, 0.5) is 21.5 Å². The molecule has 9 aromatic carbocycles. The molecule has 4 heteroatoms. The summed E-state index contributed by atoms with van der Waals surface area (Å²) in [7, 11) is 0. The predicted molar refractivity (Wildman–Crippen MR) is 239 cm³/mol. The zero-order chi connectivity index (χ0) is 38.6. The van der Waals surface area contributed by atoms with Gasteiger partial charge in [0.1, 0.15) is 17.0 Å². The van der Waals surface area contributed by atoms with Crippen LogP contribution in [0, 0.1) is 5.82 Å². The highest BCUT2D eigenvalue weighted by molar-refractivity contribution is 6.16. The molecule has 274 valence electrons. The van der Waals surface area contributed by atoms with E-state index in [1.165, 1.54) is 5.56 Å². The van der Waals surface area contributed by atoms with Crippen LogP contribution >= 0.6 is 0 Å². The Kier molecular flexibility index (Phi) is 8.00. The van der Waals surface area contributed by atoms with Crippen molar-refractivity contribution in [2.45, 2.75) is 0 Å². The van der Waals surface area contributed by atoms with Crippen molar-refractivity contribution in [1.82, 2.24) is 4.57 Å². The van der Waals surface area contributed by atoms with Crippen molar-refractivity contribution < 1.29 is 8.81 Å². The van der Waals surface area contributed by atoms with Crippen LogP contribution in [0.2, 0.25) is 0 Å². The smallest absolute Gasteiger partial charge is 0.147 e. The normalized spacial score (nSPS) is 11.5. The Balaban J connectivity index is 1.08. The number of nitrogens with zero attached hydrogens (tertiary/aromatic N) is 2. The van der Waals surface area contributed by atoms with Gasteiger partial charge in [0.05, 0.1) is 27.8 Å². The van der Waals surface area contributed by atoms with E-state index in [2.05, 4.69) is 167 Å². The number of para-hydroxylation sites is 4. The van der Waals surface area contributed by atoms with E-state index in [0.717, 1.165) is 88.8 Å². The Morgan fingerprint density at radius 1 is 0.414 bits per heavy atom. The Labute approximate surface area is 335 Å². The molecule has 0 spiro atoms. The lowest BCUT2D eigenvalue weighted by Gasteiger charge is -2.27. The molecule has 0 saturated heterocycles. The second-order valence-corrected chi connectivity index (χ2v) is 14.6. The molecule has 0 saturated carbocycles. The first-order chi connectivity index (χ1) is 28.7. The Hall–Kier alpha value is -7.69. The fourth-order valence-electron chi connectivity index (χ4n) is 8.65. The van der Waals surface area contributed by atoms with Crippen LogP contribution in [0.15, 0.2) is 217 Å². The summed E-state index contributed by atoms with van der Waals surface area (Å²) in [5.74, 6) is -0.246. The minimum Gasteiger partial charge on any atom is -0.455 e. The fourth-order valence-corrected chi connectivity index (χ4v) is 8.65. The lowest BCUT2D eigenvalue weighted by molar-refractivity contribution is 0.635. The van der Waals surface area contributed by atoms with Gasteiger partial charge in [-0.15, -0.1) is 0 Å². The molecule has 0 fully saturated rings. The van der Waals surface area contributed by atoms with Crippen LogP contribution in [0.3, 0.4) is 0 Å². The number of hydrogen-bond acceptors (Lipinski definition) is 2. The first kappa shape index (κ1) is 33.6. The van der Waals surface area contributed by atoms with Gasteiger partial charge in [-0.05, 0) is 76.9 Å². The average Bonchev–Trinajstić information content (AvgIpc) is 3.85. The summed E-state index contributed by atoms with van der Waals surface area (Å²) < 4.78 is 24.5. The number of benzene rings is 9. The fraction of sp³-hybridized carbons (Fsp3) is 0. The molecule has 0 N–H and O–H groups in total. The molecule has 3 nitrogen and oxygen atoms in total. The minimum absolute atomic E-state index is 0.246. The summed E-state index contributed by atoms with van der Waals surface area (Å²) in [6.45, 7) is 0. The lowest BCUT2D eigenvalue weighted by Crippen LogP contribution is -2.10. The summed E-state index contributed by atoms with van der Waals surface area (Å²) in [6, 6.07) is 72.8. The van der Waals surface area contributed by atoms with E-state index >= 15 is 4.39 Å². The molecule has 0 bridgehead atoms. The van der Waals surface area contributed by atoms with Crippen LogP contribution in [-0.2, 0) is 0 Å². The molecule has 2 aromatic heterocycles. The summed E-state index contributed by atoms with van der Waals surface area (Å²) in [4.78, 5) is 2.32. The van der Waals surface area contributed by atoms with Gasteiger partial charge in [0.25, 0.3) is 0 Å². The van der Waals surface area contributed by atoms with Crippen LogP contribution in [0.25, 0.3) is 82.8 Å². The molecule has 0 aliphatic heterocycles. The molecular weight excluding hydrogens is 712 g/mol. The van der Waals surface area contributed by atoms with E-state index in [4.69, 9.17) is 4.42 Å². The standard InChI is InChI=1S/C54H35FN2O/c55-47-23-12-21-45-44-19-8-10-25-49(44)57(53(45)47)48-24-9-7-18-42(48)39-30-34-41(35-31-39)56(40-32-28-37(29-33-40)36-14-3-1-4-15-36)50-26-13-27-51-52(50)46-22-11-20-43(54(46)58-51)38-16-5-2-6-17-38/h1-35H. The van der Waals surface area contributed by atoms with Gasteiger partial charge in [-0.2, -0.15) is 0 Å². The summed E-state index contributed by atoms with van der Waals surface area (Å²) in [6.07, 6.45) is 0. The molecule has 0 aliphatic carbocycles. The maximum absolute atomic E-state index is 15.8. The molecule has 2 heterocycles. The molecular formula is C54H35FN2O. The molecule has 11 aromatic rings. The SMILES string of the molecule is Fc1cccc2c3ccccc3n(-c3ccccc3-c3ccc(N(c4ccc(-c5ccccc5)cc4)c4cccc5oc6c(-c7ccccc7)cccc6c45)cc3)c12. The van der Waals surface area contributed by atoms with Gasteiger partial charge in [-0.1, -0.05) is 158 Å². The van der Waals surface area contributed by atoms with E-state index in [-0.39, 0.29) is 5.82 Å². The molecule has 0 atom stereocenters. The summed E-state index contributed by atoms with van der Waals surface area (Å²) >= 11 is 0. The van der Waals surface area contributed by atoms with Crippen molar-refractivity contribution in [2.75, 3.05) is 4.90 Å².